The minimum Gasteiger partial charge on any atom is -0.354 e. The number of para-hydroxylation sites is 1. The van der Waals surface area contributed by atoms with Gasteiger partial charge < -0.3 is 5.32 Å². The molecule has 0 fully saturated rings. The van der Waals surface area contributed by atoms with Crippen LogP contribution in [-0.4, -0.2) is 21.0 Å². The van der Waals surface area contributed by atoms with E-state index in [0.717, 1.165) is 22.6 Å². The lowest BCUT2D eigenvalue weighted by Crippen LogP contribution is -1.94. The van der Waals surface area contributed by atoms with Gasteiger partial charge in [0.1, 0.15) is 5.69 Å². The van der Waals surface area contributed by atoms with Crippen LogP contribution in [0.3, 0.4) is 0 Å². The van der Waals surface area contributed by atoms with Gasteiger partial charge in [-0.15, -0.1) is 0 Å². The quantitative estimate of drug-likeness (QED) is 0.717. The molecule has 3 rings (SSSR count). The molecule has 104 valence electrons. The predicted octanol–water partition coefficient (Wildman–Crippen LogP) is 3.42. The maximum Gasteiger partial charge on any atom is 0.179 e. The molecule has 0 amide bonds. The topological polar surface area (TPSA) is 70.7 Å². The van der Waals surface area contributed by atoms with Gasteiger partial charge in [-0.05, 0) is 24.3 Å². The van der Waals surface area contributed by atoms with Crippen LogP contribution in [0, 0.1) is 0 Å². The van der Waals surface area contributed by atoms with Gasteiger partial charge in [0.2, 0.25) is 0 Å². The summed E-state index contributed by atoms with van der Waals surface area (Å²) in [7, 11) is 0. The molecule has 2 aromatic heterocycles. The number of anilines is 2. The number of nitrogens with one attached hydrogen (secondary N) is 2. The number of ketones is 1. The van der Waals surface area contributed by atoms with Gasteiger partial charge in [0.15, 0.2) is 5.78 Å². The highest BCUT2D eigenvalue weighted by atomic mass is 16.1. The van der Waals surface area contributed by atoms with Crippen LogP contribution >= 0.6 is 0 Å². The molecule has 0 bridgehead atoms. The van der Waals surface area contributed by atoms with Gasteiger partial charge in [0, 0.05) is 24.4 Å². The molecule has 0 spiro atoms. The van der Waals surface area contributed by atoms with E-state index in [1.54, 1.807) is 18.5 Å². The van der Waals surface area contributed by atoms with Crippen molar-refractivity contribution in [2.45, 2.75) is 6.92 Å². The monoisotopic (exact) mass is 278 g/mol. The number of hydrogen-bond acceptors (Lipinski definition) is 4. The standard InChI is InChI=1S/C16H14N4O/c1-11(21)14-9-15(20-19-14)13-7-8-17-10-16(13)18-12-5-3-2-4-6-12/h2-10,18H,1H3,(H,19,20). The van der Waals surface area contributed by atoms with Crippen molar-refractivity contribution >= 4 is 17.2 Å². The third-order valence-corrected chi connectivity index (χ3v) is 3.10. The van der Waals surface area contributed by atoms with Crippen LogP contribution < -0.4 is 5.32 Å². The molecule has 0 saturated heterocycles. The second-order valence-corrected chi connectivity index (χ2v) is 4.64. The number of benzene rings is 1. The molecule has 0 aliphatic heterocycles. The van der Waals surface area contributed by atoms with E-state index >= 15 is 0 Å². The van der Waals surface area contributed by atoms with Gasteiger partial charge in [-0.25, -0.2) is 0 Å². The van der Waals surface area contributed by atoms with E-state index in [1.807, 2.05) is 36.4 Å². The van der Waals surface area contributed by atoms with E-state index in [-0.39, 0.29) is 5.78 Å². The molecule has 0 aliphatic rings. The molecule has 0 radical (unpaired) electrons. The molecular weight excluding hydrogens is 264 g/mol. The summed E-state index contributed by atoms with van der Waals surface area (Å²) in [6, 6.07) is 13.5. The Balaban J connectivity index is 1.97. The zero-order valence-corrected chi connectivity index (χ0v) is 11.5. The third-order valence-electron chi connectivity index (χ3n) is 3.10. The maximum atomic E-state index is 11.4. The van der Waals surface area contributed by atoms with Crippen molar-refractivity contribution in [1.82, 2.24) is 15.2 Å². The Labute approximate surface area is 122 Å². The van der Waals surface area contributed by atoms with Gasteiger partial charge >= 0.3 is 0 Å². The van der Waals surface area contributed by atoms with Crippen molar-refractivity contribution in [1.29, 1.82) is 0 Å². The van der Waals surface area contributed by atoms with Gasteiger partial charge in [0.25, 0.3) is 0 Å². The summed E-state index contributed by atoms with van der Waals surface area (Å²) in [5, 5.41) is 10.2. The lowest BCUT2D eigenvalue weighted by molar-refractivity contribution is 0.101. The van der Waals surface area contributed by atoms with Crippen LogP contribution in [0.1, 0.15) is 17.4 Å². The van der Waals surface area contributed by atoms with Gasteiger partial charge in [-0.1, -0.05) is 18.2 Å². The third kappa shape index (κ3) is 2.81. The van der Waals surface area contributed by atoms with Gasteiger partial charge in [0.05, 0.1) is 17.6 Å². The Hall–Kier alpha value is -2.95. The number of hydrogen-bond donors (Lipinski definition) is 2. The van der Waals surface area contributed by atoms with Crippen molar-refractivity contribution in [3.8, 4) is 11.3 Å². The average molecular weight is 278 g/mol. The molecule has 3 aromatic rings. The van der Waals surface area contributed by atoms with Crippen LogP contribution in [0.2, 0.25) is 0 Å². The number of pyridine rings is 1. The lowest BCUT2D eigenvalue weighted by atomic mass is 10.1. The molecule has 21 heavy (non-hydrogen) atoms. The molecule has 2 N–H and O–H groups in total. The Morgan fingerprint density at radius 2 is 2.00 bits per heavy atom. The first-order chi connectivity index (χ1) is 10.2. The van der Waals surface area contributed by atoms with E-state index in [2.05, 4.69) is 20.5 Å². The molecule has 0 saturated carbocycles. The van der Waals surface area contributed by atoms with E-state index in [0.29, 0.717) is 5.69 Å². The highest BCUT2D eigenvalue weighted by Gasteiger charge is 2.11. The van der Waals surface area contributed by atoms with E-state index in [4.69, 9.17) is 0 Å². The summed E-state index contributed by atoms with van der Waals surface area (Å²) in [6.45, 7) is 1.50. The SMILES string of the molecule is CC(=O)c1cc(-c2ccncc2Nc2ccccc2)[nH]n1. The number of Topliss-reactive ketones (excluding diaryl/α,β-unsaturated/α-hetero) is 1. The number of aromatic amines is 1. The van der Waals surface area contributed by atoms with Gasteiger partial charge in [-0.3, -0.25) is 14.9 Å². The summed E-state index contributed by atoms with van der Waals surface area (Å²) in [6.07, 6.45) is 3.45. The predicted molar refractivity (Wildman–Crippen MR) is 81.5 cm³/mol. The Bertz CT molecular complexity index is 765. The fourth-order valence-electron chi connectivity index (χ4n) is 2.05. The number of H-pyrrole nitrogens is 1. The second kappa shape index (κ2) is 5.58. The Morgan fingerprint density at radius 1 is 1.19 bits per heavy atom. The van der Waals surface area contributed by atoms with Crippen LogP contribution in [0.25, 0.3) is 11.3 Å². The summed E-state index contributed by atoms with van der Waals surface area (Å²) in [4.78, 5) is 15.5. The first kappa shape index (κ1) is 13.1. The Kier molecular flexibility index (Phi) is 3.47. The summed E-state index contributed by atoms with van der Waals surface area (Å²) >= 11 is 0. The van der Waals surface area contributed by atoms with Crippen LogP contribution in [0.15, 0.2) is 54.9 Å². The second-order valence-electron chi connectivity index (χ2n) is 4.64. The Morgan fingerprint density at radius 3 is 2.71 bits per heavy atom. The minimum atomic E-state index is -0.0656. The largest absolute Gasteiger partial charge is 0.354 e. The minimum absolute atomic E-state index is 0.0656. The molecule has 0 unspecified atom stereocenters. The van der Waals surface area contributed by atoms with Crippen molar-refractivity contribution in [3.05, 3.63) is 60.6 Å². The molecule has 2 heterocycles. The molecule has 5 heteroatoms. The van der Waals surface area contributed by atoms with E-state index in [9.17, 15) is 4.79 Å². The average Bonchev–Trinajstić information content (AvgIpc) is 2.99. The lowest BCUT2D eigenvalue weighted by Gasteiger charge is -2.10. The number of rotatable bonds is 4. The van der Waals surface area contributed by atoms with Crippen LogP contribution in [0.5, 0.6) is 0 Å². The number of nitrogens with zero attached hydrogens (tertiary/aromatic N) is 2. The molecule has 5 nitrogen and oxygen atoms in total. The fourth-order valence-corrected chi connectivity index (χ4v) is 2.05. The number of carbonyl (C=O) groups excluding carboxylic acids is 1. The molecule has 0 aliphatic carbocycles. The van der Waals surface area contributed by atoms with Gasteiger partial charge in [-0.2, -0.15) is 5.10 Å². The van der Waals surface area contributed by atoms with Crippen molar-refractivity contribution in [3.63, 3.8) is 0 Å². The summed E-state index contributed by atoms with van der Waals surface area (Å²) in [5.74, 6) is -0.0656. The normalized spacial score (nSPS) is 10.3. The van der Waals surface area contributed by atoms with Crippen molar-refractivity contribution in [2.75, 3.05) is 5.32 Å². The first-order valence-corrected chi connectivity index (χ1v) is 6.57. The molecule has 0 atom stereocenters. The van der Waals surface area contributed by atoms with E-state index < -0.39 is 0 Å². The smallest absolute Gasteiger partial charge is 0.179 e. The highest BCUT2D eigenvalue weighted by molar-refractivity contribution is 5.93. The van der Waals surface area contributed by atoms with Crippen LogP contribution in [-0.2, 0) is 0 Å². The van der Waals surface area contributed by atoms with Crippen molar-refractivity contribution < 1.29 is 4.79 Å². The first-order valence-electron chi connectivity index (χ1n) is 6.57. The summed E-state index contributed by atoms with van der Waals surface area (Å²) in [5.41, 5.74) is 3.93. The van der Waals surface area contributed by atoms with Crippen LogP contribution in [0.4, 0.5) is 11.4 Å². The van der Waals surface area contributed by atoms with E-state index in [1.165, 1.54) is 6.92 Å². The summed E-state index contributed by atoms with van der Waals surface area (Å²) < 4.78 is 0. The number of aromatic nitrogens is 3. The zero-order chi connectivity index (χ0) is 14.7. The highest BCUT2D eigenvalue weighted by Crippen LogP contribution is 2.28. The zero-order valence-electron chi connectivity index (χ0n) is 11.5. The van der Waals surface area contributed by atoms with Crippen molar-refractivity contribution in [2.24, 2.45) is 0 Å². The fraction of sp³-hybridized carbons (Fsp3) is 0.0625. The number of carbonyl (C=O) groups is 1. The molecular formula is C16H14N4O. The maximum absolute atomic E-state index is 11.4. The molecule has 1 aromatic carbocycles.